The van der Waals surface area contributed by atoms with Crippen LogP contribution in [0.5, 0.6) is 0 Å². The van der Waals surface area contributed by atoms with E-state index in [9.17, 15) is 0 Å². The van der Waals surface area contributed by atoms with E-state index in [-0.39, 0.29) is 6.04 Å². The van der Waals surface area contributed by atoms with Crippen LogP contribution in [-0.4, -0.2) is 9.78 Å². The van der Waals surface area contributed by atoms with Gasteiger partial charge in [-0.25, -0.2) is 0 Å². The lowest BCUT2D eigenvalue weighted by molar-refractivity contribution is 0.670. The van der Waals surface area contributed by atoms with E-state index in [1.807, 2.05) is 25.2 Å². The molecule has 1 unspecified atom stereocenters. The van der Waals surface area contributed by atoms with Crippen molar-refractivity contribution in [2.45, 2.75) is 6.04 Å². The molecule has 1 aromatic carbocycles. The summed E-state index contributed by atoms with van der Waals surface area (Å²) in [4.78, 5) is 0. The molecule has 17 heavy (non-hydrogen) atoms. The van der Waals surface area contributed by atoms with Crippen LogP contribution in [0.4, 0.5) is 0 Å². The van der Waals surface area contributed by atoms with Gasteiger partial charge >= 0.3 is 0 Å². The van der Waals surface area contributed by atoms with Crippen molar-refractivity contribution in [3.63, 3.8) is 0 Å². The van der Waals surface area contributed by atoms with E-state index in [1.165, 1.54) is 0 Å². The van der Waals surface area contributed by atoms with Gasteiger partial charge in [-0.3, -0.25) is 4.68 Å². The third-order valence-electron chi connectivity index (χ3n) is 2.53. The van der Waals surface area contributed by atoms with Crippen LogP contribution in [0.25, 0.3) is 0 Å². The number of benzene rings is 1. The van der Waals surface area contributed by atoms with Crippen molar-refractivity contribution in [2.75, 3.05) is 0 Å². The Kier molecular flexibility index (Phi) is 4.07. The second-order valence-corrected chi connectivity index (χ2v) is 6.27. The molecule has 90 valence electrons. The highest BCUT2D eigenvalue weighted by Gasteiger charge is 2.19. The van der Waals surface area contributed by atoms with Gasteiger partial charge in [-0.15, -0.1) is 0 Å². The molecule has 0 radical (unpaired) electrons. The zero-order valence-corrected chi connectivity index (χ0v) is 13.8. The van der Waals surface area contributed by atoms with Crippen molar-refractivity contribution in [1.29, 1.82) is 0 Å². The molecule has 0 bridgehead atoms. The third kappa shape index (κ3) is 2.65. The lowest BCUT2D eigenvalue weighted by Crippen LogP contribution is -2.17. The normalized spacial score (nSPS) is 12.8. The Bertz CT molecular complexity index is 531. The van der Waals surface area contributed by atoms with Crippen molar-refractivity contribution in [2.24, 2.45) is 12.8 Å². The summed E-state index contributed by atoms with van der Waals surface area (Å²) in [5, 5.41) is 4.18. The SMILES string of the molecule is Cn1ncc(Br)c1C(N)c1cc(Br)ccc1Br. The molecule has 0 fully saturated rings. The molecule has 1 heterocycles. The highest BCUT2D eigenvalue weighted by Crippen LogP contribution is 2.32. The minimum absolute atomic E-state index is 0.233. The molecule has 0 saturated heterocycles. The van der Waals surface area contributed by atoms with Gasteiger partial charge in [0.25, 0.3) is 0 Å². The average Bonchev–Trinajstić information content (AvgIpc) is 2.61. The second kappa shape index (κ2) is 5.22. The molecule has 0 amide bonds. The maximum Gasteiger partial charge on any atom is 0.0746 e. The Labute approximate surface area is 125 Å². The third-order valence-corrected chi connectivity index (χ3v) is 4.35. The molecule has 2 N–H and O–H groups in total. The van der Waals surface area contributed by atoms with Gasteiger partial charge in [0.15, 0.2) is 0 Å². The molecule has 1 atom stereocenters. The Morgan fingerprint density at radius 3 is 2.53 bits per heavy atom. The van der Waals surface area contributed by atoms with E-state index in [0.29, 0.717) is 0 Å². The Balaban J connectivity index is 2.50. The summed E-state index contributed by atoms with van der Waals surface area (Å²) in [5.74, 6) is 0. The Morgan fingerprint density at radius 1 is 1.24 bits per heavy atom. The van der Waals surface area contributed by atoms with Crippen molar-refractivity contribution >= 4 is 47.8 Å². The fraction of sp³-hybridized carbons (Fsp3) is 0.182. The number of hydrogen-bond donors (Lipinski definition) is 1. The van der Waals surface area contributed by atoms with Gasteiger partial charge in [0, 0.05) is 16.0 Å². The van der Waals surface area contributed by atoms with Crippen LogP contribution in [0, 0.1) is 0 Å². The first-order valence-corrected chi connectivity index (χ1v) is 7.26. The maximum atomic E-state index is 6.29. The van der Waals surface area contributed by atoms with Crippen LogP contribution in [0.2, 0.25) is 0 Å². The van der Waals surface area contributed by atoms with Crippen molar-refractivity contribution in [3.8, 4) is 0 Å². The zero-order valence-electron chi connectivity index (χ0n) is 8.99. The summed E-state index contributed by atoms with van der Waals surface area (Å²) in [6.07, 6.45) is 1.75. The first-order chi connectivity index (χ1) is 8.00. The van der Waals surface area contributed by atoms with E-state index < -0.39 is 0 Å². The predicted molar refractivity (Wildman–Crippen MR) is 78.8 cm³/mol. The van der Waals surface area contributed by atoms with Crippen molar-refractivity contribution in [3.05, 3.63) is 49.1 Å². The number of halogens is 3. The molecule has 2 aromatic rings. The molecular weight excluding hydrogens is 414 g/mol. The molecule has 0 aliphatic carbocycles. The fourth-order valence-electron chi connectivity index (χ4n) is 1.67. The number of aryl methyl sites for hydroxylation is 1. The molecule has 0 spiro atoms. The summed E-state index contributed by atoms with van der Waals surface area (Å²) < 4.78 is 4.69. The molecule has 2 rings (SSSR count). The molecular formula is C11H10Br3N3. The molecule has 1 aromatic heterocycles. The minimum atomic E-state index is -0.233. The average molecular weight is 424 g/mol. The summed E-state index contributed by atoms with van der Waals surface area (Å²) >= 11 is 10.4. The lowest BCUT2D eigenvalue weighted by Gasteiger charge is -2.15. The van der Waals surface area contributed by atoms with Crippen molar-refractivity contribution < 1.29 is 0 Å². The number of nitrogens with zero attached hydrogens (tertiary/aromatic N) is 2. The summed E-state index contributed by atoms with van der Waals surface area (Å²) in [5.41, 5.74) is 8.26. The highest BCUT2D eigenvalue weighted by atomic mass is 79.9. The predicted octanol–water partition coefficient (Wildman–Crippen LogP) is 3.76. The van der Waals surface area contributed by atoms with E-state index in [4.69, 9.17) is 5.73 Å². The Morgan fingerprint density at radius 2 is 1.94 bits per heavy atom. The lowest BCUT2D eigenvalue weighted by atomic mass is 10.1. The standard InChI is InChI=1S/C11H10Br3N3/c1-17-11(9(14)5-16-17)10(15)7-4-6(12)2-3-8(7)13/h2-5,10H,15H2,1H3. The fourth-order valence-corrected chi connectivity index (χ4v) is 3.14. The van der Waals surface area contributed by atoms with Crippen LogP contribution in [0.1, 0.15) is 17.3 Å². The van der Waals surface area contributed by atoms with Crippen LogP contribution in [0.15, 0.2) is 37.8 Å². The topological polar surface area (TPSA) is 43.8 Å². The van der Waals surface area contributed by atoms with E-state index >= 15 is 0 Å². The first kappa shape index (κ1) is 13.3. The van der Waals surface area contributed by atoms with Crippen LogP contribution in [0.3, 0.4) is 0 Å². The number of rotatable bonds is 2. The molecule has 0 saturated carbocycles. The van der Waals surface area contributed by atoms with E-state index in [1.54, 1.807) is 10.9 Å². The van der Waals surface area contributed by atoms with Gasteiger partial charge in [0.05, 0.1) is 22.4 Å². The summed E-state index contributed by atoms with van der Waals surface area (Å²) in [6, 6.07) is 5.72. The van der Waals surface area contributed by atoms with Gasteiger partial charge in [-0.05, 0) is 39.7 Å². The number of aromatic nitrogens is 2. The number of hydrogen-bond acceptors (Lipinski definition) is 2. The van der Waals surface area contributed by atoms with Gasteiger partial charge < -0.3 is 5.73 Å². The smallest absolute Gasteiger partial charge is 0.0746 e. The highest BCUT2D eigenvalue weighted by molar-refractivity contribution is 9.11. The van der Waals surface area contributed by atoms with Crippen LogP contribution >= 0.6 is 47.8 Å². The van der Waals surface area contributed by atoms with Crippen LogP contribution in [-0.2, 0) is 7.05 Å². The maximum absolute atomic E-state index is 6.29. The van der Waals surface area contributed by atoms with Crippen LogP contribution < -0.4 is 5.73 Å². The summed E-state index contributed by atoms with van der Waals surface area (Å²) in [6.45, 7) is 0. The van der Waals surface area contributed by atoms with Gasteiger partial charge in [0.1, 0.15) is 0 Å². The molecule has 3 nitrogen and oxygen atoms in total. The quantitative estimate of drug-likeness (QED) is 0.799. The van der Waals surface area contributed by atoms with Gasteiger partial charge in [-0.2, -0.15) is 5.10 Å². The minimum Gasteiger partial charge on any atom is -0.319 e. The largest absolute Gasteiger partial charge is 0.319 e. The Hall–Kier alpha value is -0.170. The van der Waals surface area contributed by atoms with Crippen molar-refractivity contribution in [1.82, 2.24) is 9.78 Å². The summed E-state index contributed by atoms with van der Waals surface area (Å²) in [7, 11) is 1.88. The first-order valence-electron chi connectivity index (χ1n) is 4.88. The van der Waals surface area contributed by atoms with Gasteiger partial charge in [-0.1, -0.05) is 31.9 Å². The van der Waals surface area contributed by atoms with E-state index in [2.05, 4.69) is 52.9 Å². The molecule has 0 aliphatic heterocycles. The second-order valence-electron chi connectivity index (χ2n) is 3.64. The van der Waals surface area contributed by atoms with Gasteiger partial charge in [0.2, 0.25) is 0 Å². The number of nitrogens with two attached hydrogens (primary N) is 1. The zero-order chi connectivity index (χ0) is 12.6. The molecule has 0 aliphatic rings. The molecule has 6 heteroatoms. The van der Waals surface area contributed by atoms with E-state index in [0.717, 1.165) is 24.7 Å². The monoisotopic (exact) mass is 421 g/mol.